The summed E-state index contributed by atoms with van der Waals surface area (Å²) in [5, 5.41) is 10.3. The molecule has 0 saturated carbocycles. The zero-order chi connectivity index (χ0) is 12.1. The van der Waals surface area contributed by atoms with Gasteiger partial charge in [-0.1, -0.05) is 41.3 Å². The molecule has 0 radical (unpaired) electrons. The number of anilines is 1. The van der Waals surface area contributed by atoms with E-state index in [0.717, 1.165) is 10.0 Å². The molecule has 4 nitrogen and oxygen atoms in total. The highest BCUT2D eigenvalue weighted by molar-refractivity contribution is 8.02. The van der Waals surface area contributed by atoms with Gasteiger partial charge in [0, 0.05) is 5.69 Å². The fourth-order valence-corrected chi connectivity index (χ4v) is 2.81. The average molecular weight is 265 g/mol. The van der Waals surface area contributed by atoms with Crippen LogP contribution in [0.4, 0.5) is 5.69 Å². The van der Waals surface area contributed by atoms with Crippen LogP contribution in [-0.4, -0.2) is 21.4 Å². The Morgan fingerprint density at radius 3 is 2.82 bits per heavy atom. The SMILES string of the molecule is CC(Sc1nncs1)C(=O)Nc1ccccc1. The summed E-state index contributed by atoms with van der Waals surface area (Å²) in [6, 6.07) is 9.41. The van der Waals surface area contributed by atoms with Crippen molar-refractivity contribution in [2.75, 3.05) is 5.32 Å². The van der Waals surface area contributed by atoms with Gasteiger partial charge in [-0.05, 0) is 19.1 Å². The van der Waals surface area contributed by atoms with Gasteiger partial charge < -0.3 is 5.32 Å². The van der Waals surface area contributed by atoms with E-state index in [-0.39, 0.29) is 11.2 Å². The number of carbonyl (C=O) groups excluding carboxylic acids is 1. The van der Waals surface area contributed by atoms with Crippen molar-refractivity contribution >= 4 is 34.7 Å². The number of para-hydroxylation sites is 1. The van der Waals surface area contributed by atoms with E-state index in [1.54, 1.807) is 5.51 Å². The van der Waals surface area contributed by atoms with Gasteiger partial charge in [0.2, 0.25) is 5.91 Å². The summed E-state index contributed by atoms with van der Waals surface area (Å²) < 4.78 is 0.806. The van der Waals surface area contributed by atoms with E-state index in [4.69, 9.17) is 0 Å². The number of carbonyl (C=O) groups is 1. The van der Waals surface area contributed by atoms with Crippen LogP contribution in [0.5, 0.6) is 0 Å². The van der Waals surface area contributed by atoms with Gasteiger partial charge >= 0.3 is 0 Å². The molecule has 1 unspecified atom stereocenters. The third-order valence-electron chi connectivity index (χ3n) is 2.03. The van der Waals surface area contributed by atoms with Crippen molar-refractivity contribution in [3.63, 3.8) is 0 Å². The highest BCUT2D eigenvalue weighted by Gasteiger charge is 2.15. The van der Waals surface area contributed by atoms with E-state index in [9.17, 15) is 4.79 Å². The van der Waals surface area contributed by atoms with E-state index in [1.165, 1.54) is 23.1 Å². The van der Waals surface area contributed by atoms with Crippen LogP contribution in [0.3, 0.4) is 0 Å². The van der Waals surface area contributed by atoms with Crippen LogP contribution in [0.15, 0.2) is 40.2 Å². The topological polar surface area (TPSA) is 54.9 Å². The maximum absolute atomic E-state index is 11.9. The number of rotatable bonds is 4. The minimum atomic E-state index is -0.192. The number of benzene rings is 1. The largest absolute Gasteiger partial charge is 0.325 e. The van der Waals surface area contributed by atoms with E-state index in [2.05, 4.69) is 15.5 Å². The number of aromatic nitrogens is 2. The van der Waals surface area contributed by atoms with Crippen LogP contribution < -0.4 is 5.32 Å². The van der Waals surface area contributed by atoms with Crippen molar-refractivity contribution in [1.29, 1.82) is 0 Å². The predicted molar refractivity (Wildman–Crippen MR) is 70.3 cm³/mol. The molecule has 17 heavy (non-hydrogen) atoms. The molecule has 0 aliphatic rings. The Morgan fingerprint density at radius 1 is 1.41 bits per heavy atom. The molecule has 1 atom stereocenters. The Kier molecular flexibility index (Phi) is 4.11. The monoisotopic (exact) mass is 265 g/mol. The molecular formula is C11H11N3OS2. The van der Waals surface area contributed by atoms with Crippen molar-refractivity contribution < 1.29 is 4.79 Å². The van der Waals surface area contributed by atoms with E-state index >= 15 is 0 Å². The first-order valence-corrected chi connectivity index (χ1v) is 6.80. The third kappa shape index (κ3) is 3.54. The van der Waals surface area contributed by atoms with Gasteiger partial charge in [-0.25, -0.2) is 0 Å². The summed E-state index contributed by atoms with van der Waals surface area (Å²) in [6.07, 6.45) is 0. The lowest BCUT2D eigenvalue weighted by atomic mass is 10.3. The maximum atomic E-state index is 11.9. The van der Waals surface area contributed by atoms with E-state index in [1.807, 2.05) is 37.3 Å². The molecule has 1 aromatic carbocycles. The summed E-state index contributed by atoms with van der Waals surface area (Å²) in [5.41, 5.74) is 2.46. The van der Waals surface area contributed by atoms with Crippen molar-refractivity contribution in [2.45, 2.75) is 16.5 Å². The molecule has 6 heteroatoms. The standard InChI is InChI=1S/C11H11N3OS2/c1-8(17-11-14-12-7-16-11)10(15)13-9-5-3-2-4-6-9/h2-8H,1H3,(H,13,15). The zero-order valence-corrected chi connectivity index (χ0v) is 10.8. The fraction of sp³-hybridized carbons (Fsp3) is 0.182. The van der Waals surface area contributed by atoms with Gasteiger partial charge in [0.15, 0.2) is 4.34 Å². The highest BCUT2D eigenvalue weighted by Crippen LogP contribution is 2.24. The summed E-state index contributed by atoms with van der Waals surface area (Å²) >= 11 is 2.85. The molecule has 2 aromatic rings. The maximum Gasteiger partial charge on any atom is 0.237 e. The van der Waals surface area contributed by atoms with Gasteiger partial charge in [0.25, 0.3) is 0 Å². The molecule has 1 N–H and O–H groups in total. The number of hydrogen-bond donors (Lipinski definition) is 1. The van der Waals surface area contributed by atoms with Gasteiger partial charge in [0.05, 0.1) is 5.25 Å². The lowest BCUT2D eigenvalue weighted by Crippen LogP contribution is -2.22. The molecule has 0 saturated heterocycles. The minimum Gasteiger partial charge on any atom is -0.325 e. The second-order valence-corrected chi connectivity index (χ2v) is 5.74. The Morgan fingerprint density at radius 2 is 2.18 bits per heavy atom. The zero-order valence-electron chi connectivity index (χ0n) is 9.16. The van der Waals surface area contributed by atoms with Gasteiger partial charge in [0.1, 0.15) is 5.51 Å². The molecule has 1 aromatic heterocycles. The molecule has 0 aliphatic carbocycles. The first-order chi connectivity index (χ1) is 8.25. The van der Waals surface area contributed by atoms with Crippen molar-refractivity contribution in [3.8, 4) is 0 Å². The second-order valence-electron chi connectivity index (χ2n) is 3.32. The second kappa shape index (κ2) is 5.79. The first kappa shape index (κ1) is 12.1. The first-order valence-electron chi connectivity index (χ1n) is 5.04. The minimum absolute atomic E-state index is 0.0311. The lowest BCUT2D eigenvalue weighted by molar-refractivity contribution is -0.115. The molecule has 88 valence electrons. The number of thioether (sulfide) groups is 1. The van der Waals surface area contributed by atoms with Crippen molar-refractivity contribution in [3.05, 3.63) is 35.8 Å². The molecule has 1 amide bonds. The van der Waals surface area contributed by atoms with Crippen LogP contribution in [0.2, 0.25) is 0 Å². The summed E-state index contributed by atoms with van der Waals surface area (Å²) in [4.78, 5) is 11.9. The number of nitrogens with zero attached hydrogens (tertiary/aromatic N) is 2. The van der Waals surface area contributed by atoms with Gasteiger partial charge in [-0.15, -0.1) is 10.2 Å². The Hall–Kier alpha value is -1.40. The number of amides is 1. The van der Waals surface area contributed by atoms with Crippen LogP contribution in [0.25, 0.3) is 0 Å². The van der Waals surface area contributed by atoms with Gasteiger partial charge in [-0.3, -0.25) is 4.79 Å². The Bertz CT molecular complexity index is 473. The van der Waals surface area contributed by atoms with E-state index < -0.39 is 0 Å². The summed E-state index contributed by atoms with van der Waals surface area (Å²) in [7, 11) is 0. The Labute approximate surface area is 107 Å². The summed E-state index contributed by atoms with van der Waals surface area (Å²) in [5.74, 6) is -0.0311. The normalized spacial score (nSPS) is 12.1. The van der Waals surface area contributed by atoms with Crippen LogP contribution in [0.1, 0.15) is 6.92 Å². The van der Waals surface area contributed by atoms with Crippen LogP contribution in [0, 0.1) is 0 Å². The highest BCUT2D eigenvalue weighted by atomic mass is 32.2. The van der Waals surface area contributed by atoms with Crippen LogP contribution in [-0.2, 0) is 4.79 Å². The van der Waals surface area contributed by atoms with E-state index in [0.29, 0.717) is 0 Å². The third-order valence-corrected chi connectivity index (χ3v) is 3.94. The lowest BCUT2D eigenvalue weighted by Gasteiger charge is -2.09. The quantitative estimate of drug-likeness (QED) is 0.863. The van der Waals surface area contributed by atoms with Crippen molar-refractivity contribution in [1.82, 2.24) is 10.2 Å². The Balaban J connectivity index is 1.92. The number of hydrogen-bond acceptors (Lipinski definition) is 5. The number of nitrogens with one attached hydrogen (secondary N) is 1. The molecule has 0 bridgehead atoms. The fourth-order valence-electron chi connectivity index (χ4n) is 1.18. The molecule has 2 rings (SSSR count). The average Bonchev–Trinajstić information content (AvgIpc) is 2.83. The molecule has 0 fully saturated rings. The van der Waals surface area contributed by atoms with Crippen LogP contribution >= 0.6 is 23.1 Å². The molecular weight excluding hydrogens is 254 g/mol. The van der Waals surface area contributed by atoms with Crippen molar-refractivity contribution in [2.24, 2.45) is 0 Å². The smallest absolute Gasteiger partial charge is 0.237 e. The molecule has 0 aliphatic heterocycles. The van der Waals surface area contributed by atoms with Gasteiger partial charge in [-0.2, -0.15) is 0 Å². The summed E-state index contributed by atoms with van der Waals surface area (Å²) in [6.45, 7) is 1.85. The predicted octanol–water partition coefficient (Wildman–Crippen LogP) is 2.66. The molecule has 1 heterocycles. The molecule has 0 spiro atoms.